The van der Waals surface area contributed by atoms with E-state index in [4.69, 9.17) is 5.73 Å². The summed E-state index contributed by atoms with van der Waals surface area (Å²) in [7, 11) is 0. The number of nitrogens with one attached hydrogen (secondary N) is 1. The number of carbonyl (C=O) groups is 2. The van der Waals surface area contributed by atoms with Gasteiger partial charge in [-0.25, -0.2) is 14.1 Å². The molecule has 166 valence electrons. The number of para-hydroxylation sites is 1. The number of aromatic nitrogens is 3. The number of piperidine rings is 1. The largest absolute Gasteiger partial charge is 0.369 e. The Hall–Kier alpha value is -3.59. The number of anilines is 1. The highest BCUT2D eigenvalue weighted by Crippen LogP contribution is 2.22. The first-order valence-corrected chi connectivity index (χ1v) is 10.5. The van der Waals surface area contributed by atoms with Crippen LogP contribution in [-0.4, -0.2) is 44.6 Å². The fraction of sp³-hybridized carbons (Fsp3) is 0.304. The van der Waals surface area contributed by atoms with E-state index in [1.54, 1.807) is 19.1 Å². The van der Waals surface area contributed by atoms with Crippen LogP contribution in [0.3, 0.4) is 0 Å². The van der Waals surface area contributed by atoms with Crippen molar-refractivity contribution in [1.82, 2.24) is 19.7 Å². The number of benzene rings is 2. The van der Waals surface area contributed by atoms with Crippen molar-refractivity contribution in [3.05, 3.63) is 71.6 Å². The summed E-state index contributed by atoms with van der Waals surface area (Å²) in [6.45, 7) is 3.80. The molecule has 1 saturated heterocycles. The topological polar surface area (TPSA) is 106 Å². The van der Waals surface area contributed by atoms with E-state index in [9.17, 15) is 14.0 Å². The molecule has 8 nitrogen and oxygen atoms in total. The van der Waals surface area contributed by atoms with Crippen LogP contribution in [-0.2, 0) is 11.3 Å². The molecule has 0 radical (unpaired) electrons. The Bertz CT molecular complexity index is 1130. The molecular weight excluding hydrogens is 411 g/mol. The number of nitrogens with two attached hydrogens (primary N) is 1. The van der Waals surface area contributed by atoms with Crippen molar-refractivity contribution in [2.24, 2.45) is 11.7 Å². The number of halogens is 1. The van der Waals surface area contributed by atoms with Gasteiger partial charge in [-0.1, -0.05) is 18.2 Å². The Labute approximate surface area is 185 Å². The molecule has 1 aliphatic heterocycles. The molecule has 0 saturated carbocycles. The first-order valence-electron chi connectivity index (χ1n) is 10.5. The summed E-state index contributed by atoms with van der Waals surface area (Å²) < 4.78 is 14.7. The van der Waals surface area contributed by atoms with Gasteiger partial charge in [0.05, 0.1) is 11.6 Å². The molecule has 1 aromatic heterocycles. The quantitative estimate of drug-likeness (QED) is 0.618. The summed E-state index contributed by atoms with van der Waals surface area (Å²) in [6, 6.07) is 13.3. The maximum absolute atomic E-state index is 13.2. The molecule has 0 spiro atoms. The van der Waals surface area contributed by atoms with Crippen molar-refractivity contribution in [3.63, 3.8) is 0 Å². The number of amides is 2. The third-order valence-corrected chi connectivity index (χ3v) is 5.61. The third kappa shape index (κ3) is 4.83. The second-order valence-corrected chi connectivity index (χ2v) is 7.96. The zero-order valence-corrected chi connectivity index (χ0v) is 17.8. The number of carbonyl (C=O) groups excluding carboxylic acids is 2. The van der Waals surface area contributed by atoms with Crippen molar-refractivity contribution in [2.45, 2.75) is 26.3 Å². The minimum Gasteiger partial charge on any atom is -0.369 e. The van der Waals surface area contributed by atoms with E-state index in [0.717, 1.165) is 24.9 Å². The fourth-order valence-corrected chi connectivity index (χ4v) is 3.94. The molecular formula is C23H25FN6O2. The molecule has 2 amide bonds. The molecule has 0 aliphatic carbocycles. The second kappa shape index (κ2) is 9.27. The maximum atomic E-state index is 13.2. The zero-order valence-electron chi connectivity index (χ0n) is 17.8. The highest BCUT2D eigenvalue weighted by atomic mass is 19.1. The van der Waals surface area contributed by atoms with Crippen LogP contribution in [0, 0.1) is 18.7 Å². The van der Waals surface area contributed by atoms with E-state index in [0.29, 0.717) is 30.3 Å². The fourth-order valence-electron chi connectivity index (χ4n) is 3.94. The van der Waals surface area contributed by atoms with Crippen molar-refractivity contribution < 1.29 is 14.0 Å². The molecule has 2 heterocycles. The predicted octanol–water partition coefficient (Wildman–Crippen LogP) is 2.66. The number of nitrogens with zero attached hydrogens (tertiary/aromatic N) is 4. The summed E-state index contributed by atoms with van der Waals surface area (Å²) in [4.78, 5) is 30.9. The van der Waals surface area contributed by atoms with E-state index in [2.05, 4.69) is 20.3 Å². The molecule has 3 aromatic rings. The third-order valence-electron chi connectivity index (χ3n) is 5.61. The molecule has 1 fully saturated rings. The summed E-state index contributed by atoms with van der Waals surface area (Å²) >= 11 is 0. The standard InChI is InChI=1S/C23H25FN6O2/c1-15-26-22(28-30(15)19-10-8-18(24)9-11-19)23(32)27-20-7-3-2-5-16(20)13-29-12-4-6-17(14-29)21(25)31/h2-3,5,7-11,17H,4,6,12-14H2,1H3,(H2,25,31)(H,27,32). The lowest BCUT2D eigenvalue weighted by molar-refractivity contribution is -0.123. The average Bonchev–Trinajstić information content (AvgIpc) is 3.17. The molecule has 3 N–H and O–H groups in total. The summed E-state index contributed by atoms with van der Waals surface area (Å²) in [5, 5.41) is 7.19. The van der Waals surface area contributed by atoms with Crippen LogP contribution in [0.2, 0.25) is 0 Å². The minimum absolute atomic E-state index is 0.0217. The van der Waals surface area contributed by atoms with Gasteiger partial charge in [-0.3, -0.25) is 14.5 Å². The first-order chi connectivity index (χ1) is 15.4. The Balaban J connectivity index is 1.49. The lowest BCUT2D eigenvalue weighted by atomic mass is 9.97. The lowest BCUT2D eigenvalue weighted by Gasteiger charge is -2.31. The lowest BCUT2D eigenvalue weighted by Crippen LogP contribution is -2.40. The number of hydrogen-bond donors (Lipinski definition) is 2. The number of likely N-dealkylation sites (tertiary alicyclic amines) is 1. The smallest absolute Gasteiger partial charge is 0.295 e. The Morgan fingerprint density at radius 2 is 1.94 bits per heavy atom. The maximum Gasteiger partial charge on any atom is 0.295 e. The zero-order chi connectivity index (χ0) is 22.7. The molecule has 32 heavy (non-hydrogen) atoms. The summed E-state index contributed by atoms with van der Waals surface area (Å²) in [5.74, 6) is -0.663. The van der Waals surface area contributed by atoms with Crippen LogP contribution < -0.4 is 11.1 Å². The van der Waals surface area contributed by atoms with Crippen LogP contribution in [0.15, 0.2) is 48.5 Å². The van der Waals surface area contributed by atoms with Gasteiger partial charge < -0.3 is 11.1 Å². The first kappa shape index (κ1) is 21.6. The van der Waals surface area contributed by atoms with Crippen LogP contribution in [0.5, 0.6) is 0 Å². The average molecular weight is 436 g/mol. The predicted molar refractivity (Wildman–Crippen MR) is 118 cm³/mol. The van der Waals surface area contributed by atoms with Gasteiger partial charge in [0.2, 0.25) is 11.7 Å². The normalized spacial score (nSPS) is 16.6. The van der Waals surface area contributed by atoms with E-state index in [1.165, 1.54) is 16.8 Å². The second-order valence-electron chi connectivity index (χ2n) is 7.96. The monoisotopic (exact) mass is 436 g/mol. The van der Waals surface area contributed by atoms with Crippen molar-refractivity contribution in [1.29, 1.82) is 0 Å². The van der Waals surface area contributed by atoms with Crippen molar-refractivity contribution in [2.75, 3.05) is 18.4 Å². The molecule has 2 aromatic carbocycles. The highest BCUT2D eigenvalue weighted by Gasteiger charge is 2.25. The summed E-state index contributed by atoms with van der Waals surface area (Å²) in [6.07, 6.45) is 1.72. The van der Waals surface area contributed by atoms with Crippen molar-refractivity contribution in [3.8, 4) is 5.69 Å². The van der Waals surface area contributed by atoms with Gasteiger partial charge in [-0.2, -0.15) is 0 Å². The van der Waals surface area contributed by atoms with Crippen LogP contribution in [0.4, 0.5) is 10.1 Å². The Kier molecular flexibility index (Phi) is 6.27. The van der Waals surface area contributed by atoms with E-state index in [-0.39, 0.29) is 23.5 Å². The van der Waals surface area contributed by atoms with Gasteiger partial charge in [0.1, 0.15) is 11.6 Å². The number of rotatable bonds is 6. The molecule has 1 atom stereocenters. The molecule has 1 unspecified atom stereocenters. The van der Waals surface area contributed by atoms with E-state index >= 15 is 0 Å². The SMILES string of the molecule is Cc1nc(C(=O)Nc2ccccc2CN2CCCC(C(N)=O)C2)nn1-c1ccc(F)cc1. The van der Waals surface area contributed by atoms with Crippen molar-refractivity contribution >= 4 is 17.5 Å². The van der Waals surface area contributed by atoms with Gasteiger partial charge in [0.15, 0.2) is 0 Å². The van der Waals surface area contributed by atoms with Gasteiger partial charge in [0, 0.05) is 18.8 Å². The van der Waals surface area contributed by atoms with Gasteiger partial charge in [-0.05, 0) is 62.2 Å². The van der Waals surface area contributed by atoms with Crippen LogP contribution in [0.1, 0.15) is 34.8 Å². The number of primary amides is 1. The molecule has 9 heteroatoms. The highest BCUT2D eigenvalue weighted by molar-refractivity contribution is 6.02. The molecule has 1 aliphatic rings. The summed E-state index contributed by atoms with van der Waals surface area (Å²) in [5.41, 5.74) is 7.70. The number of hydrogen-bond acceptors (Lipinski definition) is 5. The van der Waals surface area contributed by atoms with Crippen LogP contribution in [0.25, 0.3) is 5.69 Å². The number of aryl methyl sites for hydroxylation is 1. The molecule has 0 bridgehead atoms. The Morgan fingerprint density at radius 3 is 2.69 bits per heavy atom. The van der Waals surface area contributed by atoms with Gasteiger partial charge >= 0.3 is 0 Å². The van der Waals surface area contributed by atoms with Gasteiger partial charge in [-0.15, -0.1) is 5.10 Å². The minimum atomic E-state index is -0.435. The van der Waals surface area contributed by atoms with Crippen LogP contribution >= 0.6 is 0 Å². The van der Waals surface area contributed by atoms with E-state index < -0.39 is 5.91 Å². The van der Waals surface area contributed by atoms with Gasteiger partial charge in [0.25, 0.3) is 5.91 Å². The van der Waals surface area contributed by atoms with E-state index in [1.807, 2.05) is 24.3 Å². The Morgan fingerprint density at radius 1 is 1.19 bits per heavy atom. The molecule has 4 rings (SSSR count).